The highest BCUT2D eigenvalue weighted by Gasteiger charge is 2.75. The lowest BCUT2D eigenvalue weighted by molar-refractivity contribution is -0.348. The summed E-state index contributed by atoms with van der Waals surface area (Å²) in [5, 5.41) is 0. The van der Waals surface area contributed by atoms with Gasteiger partial charge < -0.3 is 13.9 Å². The van der Waals surface area contributed by atoms with Gasteiger partial charge in [-0.15, -0.1) is 0 Å². The summed E-state index contributed by atoms with van der Waals surface area (Å²) >= 11 is 0. The molecule has 0 saturated carbocycles. The minimum atomic E-state index is -6.62. The normalized spacial score (nSPS) is 14.2. The van der Waals surface area contributed by atoms with Crippen LogP contribution in [0.5, 0.6) is 5.75 Å². The molecule has 0 radical (unpaired) electrons. The molecule has 180 valence electrons. The minimum Gasteiger partial charge on any atom is -0.544 e. The maximum atomic E-state index is 14.4. The van der Waals surface area contributed by atoms with Gasteiger partial charge in [0.2, 0.25) is 8.32 Å². The minimum absolute atomic E-state index is 0.0123. The van der Waals surface area contributed by atoms with E-state index in [2.05, 4.69) is 4.74 Å². The van der Waals surface area contributed by atoms with E-state index in [0.717, 1.165) is 6.07 Å². The molecule has 0 fully saturated rings. The Hall–Kier alpha value is -2.50. The van der Waals surface area contributed by atoms with Crippen molar-refractivity contribution in [1.82, 2.24) is 0 Å². The van der Waals surface area contributed by atoms with Gasteiger partial charge in [-0.05, 0) is 51.7 Å². The summed E-state index contributed by atoms with van der Waals surface area (Å²) < 4.78 is 109. The topological polar surface area (TPSA) is 44.8 Å². The van der Waals surface area contributed by atoms with Crippen LogP contribution in [0.4, 0.5) is 30.7 Å². The van der Waals surface area contributed by atoms with E-state index in [0.29, 0.717) is 0 Å². The molecule has 0 unspecified atom stereocenters. The quantitative estimate of drug-likeness (QED) is 0.130. The van der Waals surface area contributed by atoms with Crippen LogP contribution in [0.25, 0.3) is 5.76 Å². The molecular formula is C20H23F7O4Si. The lowest BCUT2D eigenvalue weighted by atomic mass is 10.1. The van der Waals surface area contributed by atoms with Crippen LogP contribution in [-0.2, 0) is 14.0 Å². The van der Waals surface area contributed by atoms with E-state index in [-0.39, 0.29) is 24.0 Å². The highest BCUT2D eigenvalue weighted by Crippen LogP contribution is 2.50. The molecule has 32 heavy (non-hydrogen) atoms. The lowest BCUT2D eigenvalue weighted by Crippen LogP contribution is -2.53. The summed E-state index contributed by atoms with van der Waals surface area (Å²) in [6.07, 6.45) is -5.39. The number of rotatable bonds is 9. The average molecular weight is 488 g/mol. The molecule has 0 aliphatic heterocycles. The number of ether oxygens (including phenoxy) is 2. The number of benzene rings is 1. The Morgan fingerprint density at radius 1 is 1.03 bits per heavy atom. The Labute approximate surface area is 181 Å². The Morgan fingerprint density at radius 2 is 1.59 bits per heavy atom. The van der Waals surface area contributed by atoms with E-state index in [9.17, 15) is 35.5 Å². The van der Waals surface area contributed by atoms with Gasteiger partial charge in [-0.25, -0.2) is 4.79 Å². The second-order valence-corrected chi connectivity index (χ2v) is 11.8. The van der Waals surface area contributed by atoms with Crippen LogP contribution in [0, 0.1) is 0 Å². The first-order chi connectivity index (χ1) is 14.5. The molecule has 0 spiro atoms. The monoisotopic (exact) mass is 488 g/mol. The molecule has 0 saturated heterocycles. The van der Waals surface area contributed by atoms with E-state index in [1.54, 1.807) is 6.92 Å². The largest absolute Gasteiger partial charge is 0.544 e. The van der Waals surface area contributed by atoms with Crippen molar-refractivity contribution in [2.45, 2.75) is 51.5 Å². The first-order valence-corrected chi connectivity index (χ1v) is 12.7. The summed E-state index contributed by atoms with van der Waals surface area (Å²) in [5.74, 6) is -16.7. The number of hydrogen-bond acceptors (Lipinski definition) is 4. The second-order valence-electron chi connectivity index (χ2n) is 7.37. The fourth-order valence-corrected chi connectivity index (χ4v) is 3.17. The molecule has 0 bridgehead atoms. The first kappa shape index (κ1) is 27.5. The summed E-state index contributed by atoms with van der Waals surface area (Å²) in [4.78, 5) is 11.7. The number of para-hydroxylation sites is 1. The molecule has 0 aliphatic rings. The Morgan fingerprint density at radius 3 is 2.06 bits per heavy atom. The van der Waals surface area contributed by atoms with Gasteiger partial charge in [-0.1, -0.05) is 12.1 Å². The van der Waals surface area contributed by atoms with E-state index in [1.165, 1.54) is 31.2 Å². The standard InChI is InChI=1S/C20H23F7O4Si/c1-6-14(31-32(3,4)5)13-10-8-9-11-15(13)30-16(12-17(28)29-7-2)18(21,22)19(23,24)20(25,26)27/h6,8-12H,7H2,1-5H3/b14-6-,16-12+. The number of alkyl halides is 7. The van der Waals surface area contributed by atoms with Crippen molar-refractivity contribution >= 4 is 20.0 Å². The molecule has 1 rings (SSSR count). The van der Waals surface area contributed by atoms with Crippen molar-refractivity contribution in [1.29, 1.82) is 0 Å². The maximum Gasteiger partial charge on any atom is 0.460 e. The molecule has 0 amide bonds. The van der Waals surface area contributed by atoms with E-state index in [4.69, 9.17) is 9.16 Å². The molecule has 4 nitrogen and oxygen atoms in total. The van der Waals surface area contributed by atoms with Crippen LogP contribution < -0.4 is 4.74 Å². The predicted molar refractivity (Wildman–Crippen MR) is 106 cm³/mol. The highest BCUT2D eigenvalue weighted by molar-refractivity contribution is 6.70. The first-order valence-electron chi connectivity index (χ1n) is 9.31. The zero-order valence-electron chi connectivity index (χ0n) is 17.9. The van der Waals surface area contributed by atoms with Gasteiger partial charge in [0.05, 0.1) is 18.2 Å². The maximum absolute atomic E-state index is 14.4. The third-order valence-corrected chi connectivity index (χ3v) is 4.48. The van der Waals surface area contributed by atoms with Crippen molar-refractivity contribution in [3.05, 3.63) is 47.7 Å². The van der Waals surface area contributed by atoms with Gasteiger partial charge in [-0.3, -0.25) is 0 Å². The van der Waals surface area contributed by atoms with Gasteiger partial charge in [-0.2, -0.15) is 30.7 Å². The molecule has 0 atom stereocenters. The van der Waals surface area contributed by atoms with Crippen LogP contribution in [0.2, 0.25) is 19.6 Å². The van der Waals surface area contributed by atoms with E-state index in [1.807, 2.05) is 19.6 Å². The van der Waals surface area contributed by atoms with Crippen LogP contribution in [0.15, 0.2) is 42.2 Å². The molecule has 12 heteroatoms. The molecule has 1 aromatic carbocycles. The molecular weight excluding hydrogens is 465 g/mol. The Bertz CT molecular complexity index is 871. The molecule has 0 N–H and O–H groups in total. The van der Waals surface area contributed by atoms with Crippen LogP contribution in [0.3, 0.4) is 0 Å². The van der Waals surface area contributed by atoms with Gasteiger partial charge in [0, 0.05) is 0 Å². The van der Waals surface area contributed by atoms with Crippen molar-refractivity contribution in [3.8, 4) is 5.75 Å². The zero-order chi connectivity index (χ0) is 25.0. The Kier molecular flexibility index (Phi) is 8.57. The number of halogens is 7. The summed E-state index contributed by atoms with van der Waals surface area (Å²) in [6.45, 7) is 7.93. The molecule has 0 aromatic heterocycles. The number of hydrogen-bond donors (Lipinski definition) is 0. The van der Waals surface area contributed by atoms with Gasteiger partial charge in [0.25, 0.3) is 0 Å². The number of esters is 1. The van der Waals surface area contributed by atoms with Crippen LogP contribution in [-0.4, -0.2) is 38.9 Å². The summed E-state index contributed by atoms with van der Waals surface area (Å²) in [7, 11) is -2.24. The molecule has 0 heterocycles. The fraction of sp³-hybridized carbons (Fsp3) is 0.450. The smallest absolute Gasteiger partial charge is 0.460 e. The Balaban J connectivity index is 3.61. The SMILES string of the molecule is C/C=C(\O[Si](C)(C)C)c1ccccc1O/C(=C/C(=O)OCC)C(F)(F)C(F)(F)C(F)(F)F. The van der Waals surface area contributed by atoms with Crippen molar-refractivity contribution in [2.75, 3.05) is 6.61 Å². The van der Waals surface area contributed by atoms with Crippen LogP contribution >= 0.6 is 0 Å². The fourth-order valence-electron chi connectivity index (χ4n) is 2.28. The third-order valence-electron chi connectivity index (χ3n) is 3.65. The van der Waals surface area contributed by atoms with Crippen molar-refractivity contribution < 1.29 is 49.4 Å². The van der Waals surface area contributed by atoms with Gasteiger partial charge in [0.1, 0.15) is 11.5 Å². The molecule has 0 aliphatic carbocycles. The number of carbonyl (C=O) groups excluding carboxylic acids is 1. The summed E-state index contributed by atoms with van der Waals surface area (Å²) in [6, 6.07) is 5.14. The number of carbonyl (C=O) groups is 1. The van der Waals surface area contributed by atoms with Crippen molar-refractivity contribution in [2.24, 2.45) is 0 Å². The lowest BCUT2D eigenvalue weighted by Gasteiger charge is -2.30. The molecule has 1 aromatic rings. The van der Waals surface area contributed by atoms with Crippen LogP contribution in [0.1, 0.15) is 19.4 Å². The third kappa shape index (κ3) is 6.50. The van der Waals surface area contributed by atoms with Gasteiger partial charge >= 0.3 is 24.0 Å². The van der Waals surface area contributed by atoms with E-state index < -0.39 is 43.8 Å². The predicted octanol–water partition coefficient (Wildman–Crippen LogP) is 6.56. The summed E-state index contributed by atoms with van der Waals surface area (Å²) in [5.41, 5.74) is 0.0123. The highest BCUT2D eigenvalue weighted by atomic mass is 28.4. The van der Waals surface area contributed by atoms with Crippen molar-refractivity contribution in [3.63, 3.8) is 0 Å². The average Bonchev–Trinajstić information content (AvgIpc) is 2.64. The van der Waals surface area contributed by atoms with E-state index >= 15 is 0 Å². The number of allylic oxidation sites excluding steroid dienone is 2. The second kappa shape index (κ2) is 9.97. The van der Waals surface area contributed by atoms with Gasteiger partial charge in [0.15, 0.2) is 5.76 Å². The zero-order valence-corrected chi connectivity index (χ0v) is 18.9.